The molecule has 0 aliphatic carbocycles. The molecule has 3 N–H and O–H groups in total. The zero-order valence-electron chi connectivity index (χ0n) is 17.3. The molecule has 1 aromatic heterocycles. The van der Waals surface area contributed by atoms with Crippen LogP contribution in [-0.2, 0) is 9.59 Å². The van der Waals surface area contributed by atoms with E-state index in [4.69, 9.17) is 0 Å². The van der Waals surface area contributed by atoms with E-state index in [2.05, 4.69) is 20.6 Å². The van der Waals surface area contributed by atoms with Crippen LogP contribution < -0.4 is 10.6 Å². The molecule has 3 aromatic rings. The van der Waals surface area contributed by atoms with Crippen molar-refractivity contribution >= 4 is 28.8 Å². The quantitative estimate of drug-likeness (QED) is 0.509. The van der Waals surface area contributed by atoms with Crippen molar-refractivity contribution in [3.05, 3.63) is 66.0 Å². The fourth-order valence-corrected chi connectivity index (χ4v) is 3.88. The minimum atomic E-state index is -0.378. The van der Waals surface area contributed by atoms with Gasteiger partial charge in [-0.1, -0.05) is 30.3 Å². The van der Waals surface area contributed by atoms with Gasteiger partial charge < -0.3 is 20.5 Å². The summed E-state index contributed by atoms with van der Waals surface area (Å²) in [6.45, 7) is 2.98. The van der Waals surface area contributed by atoms with Crippen molar-refractivity contribution in [2.45, 2.75) is 19.4 Å². The monoisotopic (exact) mass is 419 g/mol. The highest BCUT2D eigenvalue weighted by Crippen LogP contribution is 2.28. The van der Waals surface area contributed by atoms with Gasteiger partial charge in [0.25, 0.3) is 5.91 Å². The largest absolute Gasteiger partial charge is 0.354 e. The molecular weight excluding hydrogens is 394 g/mol. The molecule has 0 saturated carbocycles. The summed E-state index contributed by atoms with van der Waals surface area (Å²) in [6.07, 6.45) is 1.79. The third-order valence-electron chi connectivity index (χ3n) is 5.67. The number of hydrogen-bond acceptors (Lipinski definition) is 4. The number of imidazole rings is 1. The Kier molecular flexibility index (Phi) is 5.97. The second-order valence-corrected chi connectivity index (χ2v) is 7.72. The summed E-state index contributed by atoms with van der Waals surface area (Å²) in [7, 11) is 0. The standard InChI is InChI=1S/C23H25N5O3/c1-15(16-5-3-2-4-6-16)28-13-18(12-21(28)29)23(31)25-10-9-24-22(30)17-7-8-19-20(11-17)27-14-26-19/h2-8,11,14-15,18H,9-10,12-13H2,1H3,(H,24,30)(H,25,31)(H,26,27). The molecule has 1 fully saturated rings. The zero-order chi connectivity index (χ0) is 21.8. The van der Waals surface area contributed by atoms with Crippen LogP contribution in [0, 0.1) is 5.92 Å². The molecule has 31 heavy (non-hydrogen) atoms. The number of nitrogens with zero attached hydrogens (tertiary/aromatic N) is 2. The van der Waals surface area contributed by atoms with Crippen LogP contribution in [0.3, 0.4) is 0 Å². The van der Waals surface area contributed by atoms with Crippen LogP contribution in [-0.4, -0.2) is 52.2 Å². The molecule has 8 nitrogen and oxygen atoms in total. The number of fused-ring (bicyclic) bond motifs is 1. The number of H-pyrrole nitrogens is 1. The molecule has 160 valence electrons. The summed E-state index contributed by atoms with van der Waals surface area (Å²) in [5.41, 5.74) is 3.16. The summed E-state index contributed by atoms with van der Waals surface area (Å²) in [5, 5.41) is 5.62. The van der Waals surface area contributed by atoms with Crippen LogP contribution in [0.2, 0.25) is 0 Å². The lowest BCUT2D eigenvalue weighted by Crippen LogP contribution is -2.38. The van der Waals surface area contributed by atoms with Crippen LogP contribution in [0.25, 0.3) is 11.0 Å². The maximum absolute atomic E-state index is 12.5. The Morgan fingerprint density at radius 1 is 1.16 bits per heavy atom. The van der Waals surface area contributed by atoms with E-state index in [9.17, 15) is 14.4 Å². The van der Waals surface area contributed by atoms with Crippen molar-refractivity contribution < 1.29 is 14.4 Å². The molecule has 0 spiro atoms. The normalized spacial score (nSPS) is 17.0. The van der Waals surface area contributed by atoms with Crippen molar-refractivity contribution in [3.63, 3.8) is 0 Å². The lowest BCUT2D eigenvalue weighted by Gasteiger charge is -2.25. The molecule has 1 aliphatic heterocycles. The van der Waals surface area contributed by atoms with Gasteiger partial charge in [-0.3, -0.25) is 14.4 Å². The first-order valence-electron chi connectivity index (χ1n) is 10.4. The molecular formula is C23H25N5O3. The number of aromatic nitrogens is 2. The first-order chi connectivity index (χ1) is 15.0. The molecule has 2 heterocycles. The van der Waals surface area contributed by atoms with E-state index in [0.29, 0.717) is 25.2 Å². The maximum atomic E-state index is 12.5. The van der Waals surface area contributed by atoms with Crippen LogP contribution in [0.1, 0.15) is 35.3 Å². The third-order valence-corrected chi connectivity index (χ3v) is 5.67. The molecule has 0 radical (unpaired) electrons. The summed E-state index contributed by atoms with van der Waals surface area (Å²) in [5.74, 6) is -0.773. The Balaban J connectivity index is 1.23. The number of aromatic amines is 1. The average molecular weight is 419 g/mol. The number of carbonyl (C=O) groups is 3. The van der Waals surface area contributed by atoms with E-state index < -0.39 is 0 Å². The highest BCUT2D eigenvalue weighted by atomic mass is 16.2. The highest BCUT2D eigenvalue weighted by Gasteiger charge is 2.36. The zero-order valence-corrected chi connectivity index (χ0v) is 17.3. The number of rotatable bonds is 7. The predicted octanol–water partition coefficient (Wildman–Crippen LogP) is 2.02. The molecule has 8 heteroatoms. The molecule has 2 unspecified atom stereocenters. The van der Waals surface area contributed by atoms with Gasteiger partial charge in [-0.2, -0.15) is 0 Å². The van der Waals surface area contributed by atoms with E-state index in [-0.39, 0.29) is 36.1 Å². The van der Waals surface area contributed by atoms with E-state index in [1.807, 2.05) is 37.3 Å². The summed E-state index contributed by atoms with van der Waals surface area (Å²) in [4.78, 5) is 46.1. The molecule has 2 aromatic carbocycles. The van der Waals surface area contributed by atoms with Gasteiger partial charge in [-0.25, -0.2) is 4.98 Å². The number of amides is 3. The molecule has 3 amide bonds. The minimum absolute atomic E-state index is 0.0148. The van der Waals surface area contributed by atoms with Crippen LogP contribution in [0.15, 0.2) is 54.9 Å². The fourth-order valence-electron chi connectivity index (χ4n) is 3.88. The number of carbonyl (C=O) groups excluding carboxylic acids is 3. The van der Waals surface area contributed by atoms with Crippen molar-refractivity contribution in [1.82, 2.24) is 25.5 Å². The minimum Gasteiger partial charge on any atom is -0.354 e. The average Bonchev–Trinajstić information content (AvgIpc) is 3.42. The van der Waals surface area contributed by atoms with Crippen molar-refractivity contribution in [3.8, 4) is 0 Å². The van der Waals surface area contributed by atoms with E-state index in [1.165, 1.54) is 0 Å². The van der Waals surface area contributed by atoms with Crippen LogP contribution in [0.4, 0.5) is 0 Å². The fraction of sp³-hybridized carbons (Fsp3) is 0.304. The SMILES string of the molecule is CC(c1ccccc1)N1CC(C(=O)NCCNC(=O)c2ccc3nc[nH]c3c2)CC1=O. The van der Waals surface area contributed by atoms with Crippen molar-refractivity contribution in [2.24, 2.45) is 5.92 Å². The number of likely N-dealkylation sites (tertiary alicyclic amines) is 1. The molecule has 1 saturated heterocycles. The highest BCUT2D eigenvalue weighted by molar-refractivity contribution is 5.97. The van der Waals surface area contributed by atoms with E-state index in [0.717, 1.165) is 16.6 Å². The molecule has 0 bridgehead atoms. The first kappa shape index (κ1) is 20.6. The van der Waals surface area contributed by atoms with Gasteiger partial charge in [-0.15, -0.1) is 0 Å². The van der Waals surface area contributed by atoms with Crippen LogP contribution in [0.5, 0.6) is 0 Å². The van der Waals surface area contributed by atoms with Gasteiger partial charge in [0.1, 0.15) is 0 Å². The van der Waals surface area contributed by atoms with E-state index in [1.54, 1.807) is 29.4 Å². The maximum Gasteiger partial charge on any atom is 0.251 e. The Bertz CT molecular complexity index is 1090. The molecule has 1 aliphatic rings. The van der Waals surface area contributed by atoms with E-state index >= 15 is 0 Å². The van der Waals surface area contributed by atoms with Gasteiger partial charge in [0.05, 0.1) is 29.3 Å². The van der Waals surface area contributed by atoms with Gasteiger partial charge >= 0.3 is 0 Å². The third kappa shape index (κ3) is 4.58. The second-order valence-electron chi connectivity index (χ2n) is 7.72. The molecule has 2 atom stereocenters. The van der Waals surface area contributed by atoms with Crippen LogP contribution >= 0.6 is 0 Å². The van der Waals surface area contributed by atoms with Gasteiger partial charge in [-0.05, 0) is 30.7 Å². The number of nitrogens with one attached hydrogen (secondary N) is 3. The topological polar surface area (TPSA) is 107 Å². The van der Waals surface area contributed by atoms with Gasteiger partial charge in [0.15, 0.2) is 0 Å². The van der Waals surface area contributed by atoms with Gasteiger partial charge in [0.2, 0.25) is 11.8 Å². The second kappa shape index (κ2) is 8.99. The Hall–Kier alpha value is -3.68. The lowest BCUT2D eigenvalue weighted by atomic mass is 10.1. The Labute approximate surface area is 180 Å². The lowest BCUT2D eigenvalue weighted by molar-refractivity contribution is -0.130. The van der Waals surface area contributed by atoms with Gasteiger partial charge in [0, 0.05) is 31.6 Å². The predicted molar refractivity (Wildman–Crippen MR) is 116 cm³/mol. The first-order valence-corrected chi connectivity index (χ1v) is 10.4. The Morgan fingerprint density at radius 3 is 2.74 bits per heavy atom. The number of benzene rings is 2. The Morgan fingerprint density at radius 2 is 1.94 bits per heavy atom. The summed E-state index contributed by atoms with van der Waals surface area (Å²) < 4.78 is 0. The van der Waals surface area contributed by atoms with Crippen molar-refractivity contribution in [1.29, 1.82) is 0 Å². The summed E-state index contributed by atoms with van der Waals surface area (Å²) >= 11 is 0. The smallest absolute Gasteiger partial charge is 0.251 e. The van der Waals surface area contributed by atoms with Crippen molar-refractivity contribution in [2.75, 3.05) is 19.6 Å². The summed E-state index contributed by atoms with van der Waals surface area (Å²) in [6, 6.07) is 14.9. The molecule has 4 rings (SSSR count). The number of hydrogen-bond donors (Lipinski definition) is 3.